The first-order chi connectivity index (χ1) is 9.36. The van der Waals surface area contributed by atoms with Gasteiger partial charge in [-0.2, -0.15) is 0 Å². The number of rotatable bonds is 1. The lowest BCUT2D eigenvalue weighted by atomic mass is 9.88. The predicted octanol–water partition coefficient (Wildman–Crippen LogP) is 2.56. The molecule has 114 valence electrons. The maximum Gasteiger partial charge on any atom is 0.329 e. The summed E-state index contributed by atoms with van der Waals surface area (Å²) in [6, 6.07) is 0.118. The monoisotopic (exact) mass is 282 g/mol. The Labute approximate surface area is 120 Å². The van der Waals surface area contributed by atoms with Crippen molar-refractivity contribution in [2.75, 3.05) is 13.1 Å². The minimum Gasteiger partial charge on any atom is -0.480 e. The van der Waals surface area contributed by atoms with E-state index in [-0.39, 0.29) is 12.1 Å². The molecule has 0 aliphatic carbocycles. The summed E-state index contributed by atoms with van der Waals surface area (Å²) in [7, 11) is 0. The number of hydrogen-bond donors (Lipinski definition) is 1. The highest BCUT2D eigenvalue weighted by atomic mass is 16.4. The Morgan fingerprint density at radius 3 is 2.55 bits per heavy atom. The zero-order valence-electron chi connectivity index (χ0n) is 12.8. The highest BCUT2D eigenvalue weighted by Gasteiger charge is 2.46. The van der Waals surface area contributed by atoms with E-state index in [9.17, 15) is 14.7 Å². The molecular formula is C15H26N2O3. The van der Waals surface area contributed by atoms with E-state index in [2.05, 4.69) is 13.8 Å². The van der Waals surface area contributed by atoms with Crippen LogP contribution in [0.3, 0.4) is 0 Å². The van der Waals surface area contributed by atoms with Crippen molar-refractivity contribution in [2.24, 2.45) is 5.92 Å². The Morgan fingerprint density at radius 1 is 1.20 bits per heavy atom. The first-order valence-electron chi connectivity index (χ1n) is 7.68. The molecule has 0 aromatic rings. The molecule has 2 rings (SSSR count). The minimum atomic E-state index is -1.05. The van der Waals surface area contributed by atoms with Gasteiger partial charge in [-0.05, 0) is 51.9 Å². The van der Waals surface area contributed by atoms with Gasteiger partial charge in [0.25, 0.3) is 0 Å². The second-order valence-corrected chi connectivity index (χ2v) is 6.65. The molecule has 0 bridgehead atoms. The number of carboxylic acid groups (broad SMARTS) is 1. The van der Waals surface area contributed by atoms with Gasteiger partial charge >= 0.3 is 12.0 Å². The number of carbonyl (C=O) groups excluding carboxylic acids is 1. The molecule has 5 heteroatoms. The lowest BCUT2D eigenvalue weighted by molar-refractivity contribution is -0.151. The van der Waals surface area contributed by atoms with Crippen LogP contribution in [0.15, 0.2) is 0 Å². The second kappa shape index (κ2) is 5.62. The third-order valence-electron chi connectivity index (χ3n) is 4.95. The maximum absolute atomic E-state index is 12.8. The number of nitrogens with zero attached hydrogens (tertiary/aromatic N) is 2. The summed E-state index contributed by atoms with van der Waals surface area (Å²) in [4.78, 5) is 27.9. The number of likely N-dealkylation sites (tertiary alicyclic amines) is 2. The molecule has 2 saturated heterocycles. The molecule has 3 unspecified atom stereocenters. The molecule has 2 fully saturated rings. The van der Waals surface area contributed by atoms with Crippen molar-refractivity contribution >= 4 is 12.0 Å². The van der Waals surface area contributed by atoms with E-state index in [0.717, 1.165) is 32.2 Å². The van der Waals surface area contributed by atoms with Gasteiger partial charge in [0, 0.05) is 19.1 Å². The summed E-state index contributed by atoms with van der Waals surface area (Å²) >= 11 is 0. The molecule has 0 spiro atoms. The standard InChI is InChI=1S/C15H26N2O3/c1-11-6-7-12(2)16(10-11)14(20)17-9-5-4-8-15(17,3)13(18)19/h11-12H,4-10H2,1-3H3,(H,18,19). The van der Waals surface area contributed by atoms with Crippen LogP contribution in [-0.4, -0.2) is 51.6 Å². The molecule has 0 radical (unpaired) electrons. The first-order valence-corrected chi connectivity index (χ1v) is 7.68. The Hall–Kier alpha value is -1.26. The van der Waals surface area contributed by atoms with Crippen molar-refractivity contribution in [3.8, 4) is 0 Å². The largest absolute Gasteiger partial charge is 0.480 e. The van der Waals surface area contributed by atoms with Gasteiger partial charge in [-0.15, -0.1) is 0 Å². The van der Waals surface area contributed by atoms with Crippen molar-refractivity contribution < 1.29 is 14.7 Å². The van der Waals surface area contributed by atoms with Gasteiger partial charge in [0.2, 0.25) is 0 Å². The topological polar surface area (TPSA) is 60.9 Å². The summed E-state index contributed by atoms with van der Waals surface area (Å²) in [5, 5.41) is 9.52. The summed E-state index contributed by atoms with van der Waals surface area (Å²) in [5.41, 5.74) is -1.05. The van der Waals surface area contributed by atoms with Crippen LogP contribution < -0.4 is 0 Å². The average Bonchev–Trinajstić information content (AvgIpc) is 2.41. The highest BCUT2D eigenvalue weighted by Crippen LogP contribution is 2.31. The van der Waals surface area contributed by atoms with Gasteiger partial charge in [0.05, 0.1) is 0 Å². The van der Waals surface area contributed by atoms with E-state index < -0.39 is 11.5 Å². The van der Waals surface area contributed by atoms with Crippen LogP contribution in [0.2, 0.25) is 0 Å². The van der Waals surface area contributed by atoms with Crippen molar-refractivity contribution in [3.63, 3.8) is 0 Å². The van der Waals surface area contributed by atoms with Crippen LogP contribution in [0.1, 0.15) is 52.9 Å². The maximum atomic E-state index is 12.8. The van der Waals surface area contributed by atoms with E-state index in [0.29, 0.717) is 18.9 Å². The molecule has 0 aromatic heterocycles. The first kappa shape index (κ1) is 15.1. The number of amides is 2. The fourth-order valence-corrected chi connectivity index (χ4v) is 3.36. The van der Waals surface area contributed by atoms with E-state index in [1.54, 1.807) is 11.8 Å². The van der Waals surface area contributed by atoms with Gasteiger partial charge < -0.3 is 14.9 Å². The van der Waals surface area contributed by atoms with Gasteiger partial charge in [-0.3, -0.25) is 0 Å². The van der Waals surface area contributed by atoms with Crippen molar-refractivity contribution in [1.29, 1.82) is 0 Å². The van der Waals surface area contributed by atoms with Crippen LogP contribution in [0.25, 0.3) is 0 Å². The zero-order valence-corrected chi connectivity index (χ0v) is 12.8. The number of aliphatic carboxylic acids is 1. The number of carbonyl (C=O) groups is 2. The molecule has 2 amide bonds. The Bertz CT molecular complexity index is 399. The molecule has 1 N–H and O–H groups in total. The Balaban J connectivity index is 2.19. The summed E-state index contributed by atoms with van der Waals surface area (Å²) in [6.07, 6.45) is 4.46. The van der Waals surface area contributed by atoms with Gasteiger partial charge in [-0.25, -0.2) is 9.59 Å². The molecule has 5 nitrogen and oxygen atoms in total. The van der Waals surface area contributed by atoms with Crippen molar-refractivity contribution in [3.05, 3.63) is 0 Å². The molecule has 2 aliphatic rings. The van der Waals surface area contributed by atoms with Crippen LogP contribution in [0.5, 0.6) is 0 Å². The van der Waals surface area contributed by atoms with Crippen molar-refractivity contribution in [2.45, 2.75) is 64.5 Å². The molecule has 20 heavy (non-hydrogen) atoms. The molecule has 0 aromatic carbocycles. The van der Waals surface area contributed by atoms with E-state index in [4.69, 9.17) is 0 Å². The van der Waals surface area contributed by atoms with E-state index >= 15 is 0 Å². The average molecular weight is 282 g/mol. The molecule has 2 heterocycles. The molecular weight excluding hydrogens is 256 g/mol. The molecule has 0 saturated carbocycles. The molecule has 3 atom stereocenters. The van der Waals surface area contributed by atoms with Gasteiger partial charge in [0.15, 0.2) is 0 Å². The number of carboxylic acids is 1. The Kier molecular flexibility index (Phi) is 4.25. The fourth-order valence-electron chi connectivity index (χ4n) is 3.36. The number of urea groups is 1. The number of piperidine rings is 2. The minimum absolute atomic E-state index is 0.0892. The number of hydrogen-bond acceptors (Lipinski definition) is 2. The lowest BCUT2D eigenvalue weighted by Crippen LogP contribution is -2.62. The Morgan fingerprint density at radius 2 is 1.90 bits per heavy atom. The van der Waals surface area contributed by atoms with Crippen LogP contribution >= 0.6 is 0 Å². The smallest absolute Gasteiger partial charge is 0.329 e. The predicted molar refractivity (Wildman–Crippen MR) is 76.6 cm³/mol. The normalized spacial score (nSPS) is 35.0. The van der Waals surface area contributed by atoms with Gasteiger partial charge in [-0.1, -0.05) is 6.92 Å². The highest BCUT2D eigenvalue weighted by molar-refractivity contribution is 5.86. The zero-order chi connectivity index (χ0) is 14.9. The summed E-state index contributed by atoms with van der Waals surface area (Å²) in [5.74, 6) is -0.390. The fraction of sp³-hybridized carbons (Fsp3) is 0.867. The third kappa shape index (κ3) is 2.63. The SMILES string of the molecule is CC1CCC(C)N(C(=O)N2CCCCC2(C)C(=O)O)C1. The van der Waals surface area contributed by atoms with Crippen LogP contribution in [-0.2, 0) is 4.79 Å². The van der Waals surface area contributed by atoms with Crippen LogP contribution in [0, 0.1) is 5.92 Å². The third-order valence-corrected chi connectivity index (χ3v) is 4.95. The van der Waals surface area contributed by atoms with E-state index in [1.807, 2.05) is 4.90 Å². The van der Waals surface area contributed by atoms with Crippen LogP contribution in [0.4, 0.5) is 4.79 Å². The summed E-state index contributed by atoms with van der Waals surface area (Å²) in [6.45, 7) is 7.19. The van der Waals surface area contributed by atoms with Crippen molar-refractivity contribution in [1.82, 2.24) is 9.80 Å². The van der Waals surface area contributed by atoms with E-state index in [1.165, 1.54) is 0 Å². The van der Waals surface area contributed by atoms with Gasteiger partial charge in [0.1, 0.15) is 5.54 Å². The quantitative estimate of drug-likeness (QED) is 0.804. The molecule has 2 aliphatic heterocycles. The summed E-state index contributed by atoms with van der Waals surface area (Å²) < 4.78 is 0. The lowest BCUT2D eigenvalue weighted by Gasteiger charge is -2.46. The second-order valence-electron chi connectivity index (χ2n) is 6.65.